The Kier molecular flexibility index (Phi) is 5.85. The molecule has 33 heavy (non-hydrogen) atoms. The van der Waals surface area contributed by atoms with Crippen molar-refractivity contribution in [2.45, 2.75) is 25.6 Å². The highest BCUT2D eigenvalue weighted by Crippen LogP contribution is 2.41. The summed E-state index contributed by atoms with van der Waals surface area (Å²) in [5.74, 6) is 1.58. The first kappa shape index (κ1) is 21.6. The number of carbonyl (C=O) groups excluding carboxylic acids is 2. The molecule has 172 valence electrons. The number of halogens is 1. The second-order valence-corrected chi connectivity index (χ2v) is 8.95. The van der Waals surface area contributed by atoms with Gasteiger partial charge in [0.05, 0.1) is 6.10 Å². The second kappa shape index (κ2) is 8.94. The summed E-state index contributed by atoms with van der Waals surface area (Å²) in [5.41, 5.74) is 0.152. The first-order valence-corrected chi connectivity index (χ1v) is 11.3. The van der Waals surface area contributed by atoms with E-state index in [1.807, 2.05) is 36.4 Å². The lowest BCUT2D eigenvalue weighted by molar-refractivity contribution is 0.0897. The highest BCUT2D eigenvalue weighted by Gasteiger charge is 2.43. The van der Waals surface area contributed by atoms with Crippen molar-refractivity contribution in [3.05, 3.63) is 58.9 Å². The Hall–Kier alpha value is -3.26. The van der Waals surface area contributed by atoms with Crippen LogP contribution in [0.1, 0.15) is 29.1 Å². The summed E-state index contributed by atoms with van der Waals surface area (Å²) in [6.45, 7) is 1.22. The van der Waals surface area contributed by atoms with Gasteiger partial charge in [-0.15, -0.1) is 0 Å². The van der Waals surface area contributed by atoms with Crippen LogP contribution in [0.2, 0.25) is 5.02 Å². The average Bonchev–Trinajstić information content (AvgIpc) is 3.54. The van der Waals surface area contributed by atoms with Crippen molar-refractivity contribution in [3.63, 3.8) is 0 Å². The maximum absolute atomic E-state index is 12.5. The summed E-state index contributed by atoms with van der Waals surface area (Å²) >= 11 is 6.32. The molecule has 2 amide bonds. The average molecular weight is 470 g/mol. The minimum atomic E-state index is -0.386. The number of ether oxygens (including phenoxy) is 2. The fraction of sp³-hybridized carbons (Fsp3) is 0.375. The van der Waals surface area contributed by atoms with E-state index < -0.39 is 0 Å². The third-order valence-electron chi connectivity index (χ3n) is 6.45. The number of fused-ring (bicyclic) bond motifs is 2. The highest BCUT2D eigenvalue weighted by atomic mass is 35.5. The largest absolute Gasteiger partial charge is 0.490 e. The van der Waals surface area contributed by atoms with Gasteiger partial charge in [0.2, 0.25) is 0 Å². The molecule has 1 aliphatic carbocycles. The monoisotopic (exact) mass is 469 g/mol. The number of nitrogens with zero attached hydrogens (tertiary/aromatic N) is 2. The Bertz CT molecular complexity index is 1180. The SMILES string of the molecule is CNC(=O)c1cc(COC(=O)N2C[C@H]3C[C@@H](Oc4ccc(Cl)c5ccccc45)C[C@H]3C2)on1. The third-order valence-corrected chi connectivity index (χ3v) is 6.78. The highest BCUT2D eigenvalue weighted by molar-refractivity contribution is 6.35. The standard InChI is InChI=1S/C24H24ClN3O5/c1-26-23(29)21-10-17(33-27-21)13-31-24(30)28-11-14-8-16(9-15(14)12-28)32-22-7-6-20(25)18-4-2-3-5-19(18)22/h2-7,10,14-16H,8-9,11-13H2,1H3,(H,26,29)/t14-,15+,16-. The number of amides is 2. The first-order valence-electron chi connectivity index (χ1n) is 10.9. The van der Waals surface area contributed by atoms with Crippen LogP contribution in [0.5, 0.6) is 5.75 Å². The van der Waals surface area contributed by atoms with Gasteiger partial charge in [-0.1, -0.05) is 41.0 Å². The number of hydrogen-bond acceptors (Lipinski definition) is 6. The van der Waals surface area contributed by atoms with Crippen molar-refractivity contribution < 1.29 is 23.6 Å². The predicted molar refractivity (Wildman–Crippen MR) is 121 cm³/mol. The van der Waals surface area contributed by atoms with E-state index in [1.54, 1.807) is 4.90 Å². The minimum absolute atomic E-state index is 0.0654. The van der Waals surface area contributed by atoms with E-state index in [0.717, 1.165) is 29.4 Å². The molecule has 0 radical (unpaired) electrons. The van der Waals surface area contributed by atoms with E-state index in [2.05, 4.69) is 10.5 Å². The Morgan fingerprint density at radius 2 is 1.88 bits per heavy atom. The summed E-state index contributed by atoms with van der Waals surface area (Å²) in [6, 6.07) is 13.2. The minimum Gasteiger partial charge on any atom is -0.490 e. The zero-order chi connectivity index (χ0) is 22.9. The molecule has 9 heteroatoms. The van der Waals surface area contributed by atoms with Crippen LogP contribution in [0, 0.1) is 11.8 Å². The smallest absolute Gasteiger partial charge is 0.410 e. The number of hydrogen-bond donors (Lipinski definition) is 1. The molecule has 2 fully saturated rings. The molecule has 0 bridgehead atoms. The zero-order valence-electron chi connectivity index (χ0n) is 18.1. The first-order chi connectivity index (χ1) is 16.0. The molecule has 8 nitrogen and oxygen atoms in total. The van der Waals surface area contributed by atoms with Crippen LogP contribution < -0.4 is 10.1 Å². The molecule has 1 saturated carbocycles. The summed E-state index contributed by atoms with van der Waals surface area (Å²) in [4.78, 5) is 25.8. The van der Waals surface area contributed by atoms with Gasteiger partial charge in [0.1, 0.15) is 5.75 Å². The summed E-state index contributed by atoms with van der Waals surface area (Å²) < 4.78 is 16.8. The maximum Gasteiger partial charge on any atom is 0.410 e. The second-order valence-electron chi connectivity index (χ2n) is 8.54. The molecule has 5 rings (SSSR count). The molecule has 1 saturated heterocycles. The quantitative estimate of drug-likeness (QED) is 0.599. The van der Waals surface area contributed by atoms with Gasteiger partial charge in [0.25, 0.3) is 5.91 Å². The number of carbonyl (C=O) groups is 2. The van der Waals surface area contributed by atoms with E-state index in [4.69, 9.17) is 25.6 Å². The molecule has 2 heterocycles. The van der Waals surface area contributed by atoms with Crippen molar-refractivity contribution >= 4 is 34.4 Å². The van der Waals surface area contributed by atoms with Crippen LogP contribution in [0.15, 0.2) is 47.0 Å². The number of benzene rings is 2. The van der Waals surface area contributed by atoms with E-state index in [-0.39, 0.29) is 30.4 Å². The number of likely N-dealkylation sites (tertiary alicyclic amines) is 1. The van der Waals surface area contributed by atoms with Crippen molar-refractivity contribution in [2.24, 2.45) is 11.8 Å². The van der Waals surface area contributed by atoms with Crippen LogP contribution in [-0.2, 0) is 11.3 Å². The van der Waals surface area contributed by atoms with Crippen molar-refractivity contribution in [1.29, 1.82) is 0 Å². The van der Waals surface area contributed by atoms with Gasteiger partial charge >= 0.3 is 6.09 Å². The lowest BCUT2D eigenvalue weighted by Gasteiger charge is -2.20. The fourth-order valence-corrected chi connectivity index (χ4v) is 5.07. The van der Waals surface area contributed by atoms with Crippen molar-refractivity contribution in [3.8, 4) is 5.75 Å². The Balaban J connectivity index is 1.14. The van der Waals surface area contributed by atoms with Gasteiger partial charge in [-0.25, -0.2) is 4.79 Å². The number of rotatable bonds is 5. The van der Waals surface area contributed by atoms with E-state index in [9.17, 15) is 9.59 Å². The Labute approximate surface area is 195 Å². The summed E-state index contributed by atoms with van der Waals surface area (Å²) in [5, 5.41) is 8.84. The third kappa shape index (κ3) is 4.35. The van der Waals surface area contributed by atoms with Crippen LogP contribution in [-0.4, -0.2) is 48.3 Å². The summed E-state index contributed by atoms with van der Waals surface area (Å²) in [6.07, 6.45) is 1.51. The van der Waals surface area contributed by atoms with Crippen LogP contribution in [0.25, 0.3) is 10.8 Å². The van der Waals surface area contributed by atoms with Crippen LogP contribution >= 0.6 is 11.6 Å². The topological polar surface area (TPSA) is 93.9 Å². The van der Waals surface area contributed by atoms with E-state index in [0.29, 0.717) is 35.7 Å². The van der Waals surface area contributed by atoms with Gasteiger partial charge < -0.3 is 24.2 Å². The summed E-state index contributed by atoms with van der Waals surface area (Å²) in [7, 11) is 1.51. The van der Waals surface area contributed by atoms with Gasteiger partial charge in [0.15, 0.2) is 18.1 Å². The molecule has 3 atom stereocenters. The molecule has 2 aromatic carbocycles. The molecule has 1 aromatic heterocycles. The molecule has 0 unspecified atom stereocenters. The predicted octanol–water partition coefficient (Wildman–Crippen LogP) is 4.27. The van der Waals surface area contributed by atoms with Crippen LogP contribution in [0.3, 0.4) is 0 Å². The van der Waals surface area contributed by atoms with Crippen LogP contribution in [0.4, 0.5) is 4.79 Å². The lowest BCUT2D eigenvalue weighted by Crippen LogP contribution is -2.31. The van der Waals surface area contributed by atoms with Gasteiger partial charge in [0, 0.05) is 42.0 Å². The van der Waals surface area contributed by atoms with E-state index >= 15 is 0 Å². The number of nitrogens with one attached hydrogen (secondary N) is 1. The molecular weight excluding hydrogens is 446 g/mol. The molecular formula is C24H24ClN3O5. The van der Waals surface area contributed by atoms with Gasteiger partial charge in [-0.2, -0.15) is 0 Å². The molecule has 3 aromatic rings. The molecule has 1 aliphatic heterocycles. The van der Waals surface area contributed by atoms with Gasteiger partial charge in [-0.05, 0) is 36.8 Å². The normalized spacial score (nSPS) is 21.8. The fourth-order valence-electron chi connectivity index (χ4n) is 4.85. The zero-order valence-corrected chi connectivity index (χ0v) is 18.9. The number of aromatic nitrogens is 1. The van der Waals surface area contributed by atoms with Gasteiger partial charge in [-0.3, -0.25) is 4.79 Å². The maximum atomic E-state index is 12.5. The molecule has 0 spiro atoms. The Morgan fingerprint density at radius 1 is 1.15 bits per heavy atom. The van der Waals surface area contributed by atoms with Crippen molar-refractivity contribution in [1.82, 2.24) is 15.4 Å². The molecule has 1 N–H and O–H groups in total. The Morgan fingerprint density at radius 3 is 2.61 bits per heavy atom. The van der Waals surface area contributed by atoms with Crippen molar-refractivity contribution in [2.75, 3.05) is 20.1 Å². The lowest BCUT2D eigenvalue weighted by atomic mass is 10.0. The molecule has 2 aliphatic rings. The van der Waals surface area contributed by atoms with E-state index in [1.165, 1.54) is 13.1 Å².